The van der Waals surface area contributed by atoms with E-state index in [1.165, 1.54) is 17.7 Å². The largest absolute Gasteiger partial charge is 0.234 e. The first-order valence-corrected chi connectivity index (χ1v) is 3.74. The third-order valence-electron chi connectivity index (χ3n) is 1.16. The number of fused-ring (bicyclic) bond motifs is 1. The molecule has 2 rings (SSSR count). The summed E-state index contributed by atoms with van der Waals surface area (Å²) < 4.78 is 1.57. The summed E-state index contributed by atoms with van der Waals surface area (Å²) in [7, 11) is 0. The SMILES string of the molecule is N#CCc1nn2cnnc2s1. The molecule has 0 saturated heterocycles. The van der Waals surface area contributed by atoms with Crippen molar-refractivity contribution in [3.63, 3.8) is 0 Å². The van der Waals surface area contributed by atoms with Gasteiger partial charge in [0.1, 0.15) is 11.3 Å². The summed E-state index contributed by atoms with van der Waals surface area (Å²) in [6.45, 7) is 0. The zero-order valence-corrected chi connectivity index (χ0v) is 6.25. The Morgan fingerprint density at radius 3 is 3.36 bits per heavy atom. The van der Waals surface area contributed by atoms with Crippen LogP contribution in [0, 0.1) is 11.3 Å². The van der Waals surface area contributed by atoms with Crippen molar-refractivity contribution in [1.82, 2.24) is 19.8 Å². The first kappa shape index (κ1) is 6.24. The van der Waals surface area contributed by atoms with Crippen molar-refractivity contribution in [3.05, 3.63) is 11.3 Å². The summed E-state index contributed by atoms with van der Waals surface area (Å²) in [5.74, 6) is 0. The normalized spacial score (nSPS) is 10.1. The smallest absolute Gasteiger partial charge is 0.198 e. The van der Waals surface area contributed by atoms with E-state index >= 15 is 0 Å². The van der Waals surface area contributed by atoms with Gasteiger partial charge in [-0.3, -0.25) is 0 Å². The van der Waals surface area contributed by atoms with Crippen LogP contribution in [0.2, 0.25) is 0 Å². The Kier molecular flexibility index (Phi) is 1.30. The highest BCUT2D eigenvalue weighted by Crippen LogP contribution is 2.10. The number of nitrogens with zero attached hydrogens (tertiary/aromatic N) is 5. The average Bonchev–Trinajstić information content (AvgIpc) is 2.46. The molecule has 0 aliphatic carbocycles. The van der Waals surface area contributed by atoms with Crippen LogP contribution in [0.1, 0.15) is 5.01 Å². The van der Waals surface area contributed by atoms with E-state index in [-0.39, 0.29) is 0 Å². The summed E-state index contributed by atoms with van der Waals surface area (Å²) in [6, 6.07) is 2.02. The van der Waals surface area contributed by atoms with Crippen LogP contribution in [-0.4, -0.2) is 19.8 Å². The van der Waals surface area contributed by atoms with Gasteiger partial charge >= 0.3 is 0 Å². The molecule has 0 aliphatic rings. The lowest BCUT2D eigenvalue weighted by Gasteiger charge is -1.76. The number of rotatable bonds is 1. The highest BCUT2D eigenvalue weighted by molar-refractivity contribution is 7.16. The van der Waals surface area contributed by atoms with Gasteiger partial charge in [-0.25, -0.2) is 0 Å². The second-order valence-electron chi connectivity index (χ2n) is 1.89. The molecule has 0 aromatic carbocycles. The fraction of sp³-hybridized carbons (Fsp3) is 0.200. The zero-order chi connectivity index (χ0) is 7.68. The Balaban J connectivity index is 2.52. The molecule has 0 amide bonds. The minimum Gasteiger partial charge on any atom is -0.198 e. The van der Waals surface area contributed by atoms with E-state index in [4.69, 9.17) is 5.26 Å². The third-order valence-corrected chi connectivity index (χ3v) is 2.07. The van der Waals surface area contributed by atoms with Crippen molar-refractivity contribution in [2.45, 2.75) is 6.42 Å². The number of hydrogen-bond donors (Lipinski definition) is 0. The predicted octanol–water partition coefficient (Wildman–Crippen LogP) is 0.252. The van der Waals surface area contributed by atoms with E-state index in [9.17, 15) is 0 Å². The molecule has 6 heteroatoms. The summed E-state index contributed by atoms with van der Waals surface area (Å²) in [5, 5.41) is 20.6. The maximum Gasteiger partial charge on any atom is 0.234 e. The zero-order valence-electron chi connectivity index (χ0n) is 5.43. The summed E-state index contributed by atoms with van der Waals surface area (Å²) in [6.07, 6.45) is 1.86. The molecule has 54 valence electrons. The quantitative estimate of drug-likeness (QED) is 0.607. The van der Waals surface area contributed by atoms with Crippen LogP contribution in [0.3, 0.4) is 0 Å². The van der Waals surface area contributed by atoms with Gasteiger partial charge in [0, 0.05) is 0 Å². The van der Waals surface area contributed by atoms with Gasteiger partial charge in [0.2, 0.25) is 4.96 Å². The highest BCUT2D eigenvalue weighted by atomic mass is 32.1. The van der Waals surface area contributed by atoms with Gasteiger partial charge in [0.05, 0.1) is 12.5 Å². The molecule has 0 atom stereocenters. The van der Waals surface area contributed by atoms with Gasteiger partial charge in [-0.1, -0.05) is 11.3 Å². The molecule has 0 bridgehead atoms. The second kappa shape index (κ2) is 2.29. The standard InChI is InChI=1S/C5H3N5S/c6-2-1-4-9-10-3-7-8-5(10)11-4/h3H,1H2. The Labute approximate surface area is 65.9 Å². The summed E-state index contributed by atoms with van der Waals surface area (Å²) in [4.78, 5) is 0.732. The van der Waals surface area contributed by atoms with Crippen LogP contribution in [0.15, 0.2) is 6.33 Å². The summed E-state index contributed by atoms with van der Waals surface area (Å²) >= 11 is 1.38. The molecule has 0 unspecified atom stereocenters. The van der Waals surface area contributed by atoms with Crippen molar-refractivity contribution in [2.24, 2.45) is 0 Å². The maximum absolute atomic E-state index is 8.35. The number of nitriles is 1. The van der Waals surface area contributed by atoms with Gasteiger partial charge in [0.25, 0.3) is 0 Å². The molecule has 0 saturated carbocycles. The molecule has 11 heavy (non-hydrogen) atoms. The van der Waals surface area contributed by atoms with Gasteiger partial charge in [-0.05, 0) is 0 Å². The molecule has 0 spiro atoms. The first-order valence-electron chi connectivity index (χ1n) is 2.93. The molecule has 0 aliphatic heterocycles. The van der Waals surface area contributed by atoms with Crippen LogP contribution in [0.25, 0.3) is 4.96 Å². The Bertz CT molecular complexity index is 379. The molecule has 2 heterocycles. The van der Waals surface area contributed by atoms with Gasteiger partial charge in [0.15, 0.2) is 0 Å². The van der Waals surface area contributed by atoms with Crippen molar-refractivity contribution in [2.75, 3.05) is 0 Å². The van der Waals surface area contributed by atoms with Crippen molar-refractivity contribution in [1.29, 1.82) is 5.26 Å². The van der Waals surface area contributed by atoms with Crippen LogP contribution >= 0.6 is 11.3 Å². The Morgan fingerprint density at radius 2 is 2.64 bits per heavy atom. The van der Waals surface area contributed by atoms with E-state index in [1.54, 1.807) is 4.52 Å². The lowest BCUT2D eigenvalue weighted by atomic mass is 10.5. The van der Waals surface area contributed by atoms with Crippen molar-refractivity contribution in [3.8, 4) is 6.07 Å². The van der Waals surface area contributed by atoms with E-state index in [1.807, 2.05) is 6.07 Å². The molecule has 0 fully saturated rings. The van der Waals surface area contributed by atoms with E-state index in [2.05, 4.69) is 15.3 Å². The van der Waals surface area contributed by atoms with Gasteiger partial charge in [-0.15, -0.1) is 10.2 Å². The van der Waals surface area contributed by atoms with Crippen LogP contribution in [0.4, 0.5) is 0 Å². The lowest BCUT2D eigenvalue weighted by molar-refractivity contribution is 0.917. The fourth-order valence-electron chi connectivity index (χ4n) is 0.740. The first-order chi connectivity index (χ1) is 5.40. The molecule has 0 N–H and O–H groups in total. The molecule has 2 aromatic rings. The Morgan fingerprint density at radius 1 is 1.73 bits per heavy atom. The number of aromatic nitrogens is 4. The predicted molar refractivity (Wildman–Crippen MR) is 38.0 cm³/mol. The van der Waals surface area contributed by atoms with Gasteiger partial charge in [-0.2, -0.15) is 14.9 Å². The van der Waals surface area contributed by atoms with E-state index < -0.39 is 0 Å². The lowest BCUT2D eigenvalue weighted by Crippen LogP contribution is -1.83. The maximum atomic E-state index is 8.35. The molecule has 0 radical (unpaired) electrons. The van der Waals surface area contributed by atoms with Crippen molar-refractivity contribution < 1.29 is 0 Å². The van der Waals surface area contributed by atoms with Crippen LogP contribution in [-0.2, 0) is 6.42 Å². The third kappa shape index (κ3) is 0.951. The molecule has 2 aromatic heterocycles. The minimum atomic E-state index is 0.341. The van der Waals surface area contributed by atoms with Crippen LogP contribution < -0.4 is 0 Å². The van der Waals surface area contributed by atoms with Crippen molar-refractivity contribution >= 4 is 16.3 Å². The van der Waals surface area contributed by atoms with Crippen LogP contribution in [0.5, 0.6) is 0 Å². The summed E-state index contributed by atoms with van der Waals surface area (Å²) in [5.41, 5.74) is 0. The minimum absolute atomic E-state index is 0.341. The average molecular weight is 165 g/mol. The topological polar surface area (TPSA) is 66.9 Å². The molecular formula is C5H3N5S. The second-order valence-corrected chi connectivity index (χ2v) is 2.93. The monoisotopic (exact) mass is 165 g/mol. The molecular weight excluding hydrogens is 162 g/mol. The molecule has 5 nitrogen and oxygen atoms in total. The fourth-order valence-corrected chi connectivity index (χ4v) is 1.49. The highest BCUT2D eigenvalue weighted by Gasteiger charge is 2.02. The van der Waals surface area contributed by atoms with E-state index in [0.29, 0.717) is 6.42 Å². The van der Waals surface area contributed by atoms with Gasteiger partial charge < -0.3 is 0 Å². The Hall–Kier alpha value is -1.48. The number of hydrogen-bond acceptors (Lipinski definition) is 5. The van der Waals surface area contributed by atoms with E-state index in [0.717, 1.165) is 9.97 Å².